The molecule has 0 aliphatic heterocycles. The standard InChI is InChI=1S/C37H45N5O6S/c1-36(2,3)47-34(43)26-42(35(44)48-37(4,5)6)33-17-11-16-31(39-33)32(40-49(45,46)30-15-12-22-38-24-30)23-27-18-20-29(21-19-27)41(7)25-28-13-9-8-10-14-28/h8-22,24,32,40H,23,25-26H2,1-7H3. The summed E-state index contributed by atoms with van der Waals surface area (Å²) in [7, 11) is -2.03. The first-order valence-electron chi connectivity index (χ1n) is 15.9. The number of hydrogen-bond donors (Lipinski definition) is 1. The van der Waals surface area contributed by atoms with E-state index in [4.69, 9.17) is 14.5 Å². The van der Waals surface area contributed by atoms with E-state index in [2.05, 4.69) is 26.7 Å². The lowest BCUT2D eigenvalue weighted by Gasteiger charge is -2.28. The number of anilines is 2. The maximum atomic E-state index is 13.6. The van der Waals surface area contributed by atoms with Gasteiger partial charge in [-0.15, -0.1) is 0 Å². The van der Waals surface area contributed by atoms with Crippen LogP contribution in [0.1, 0.15) is 64.4 Å². The van der Waals surface area contributed by atoms with Crippen molar-refractivity contribution in [2.75, 3.05) is 23.4 Å². The van der Waals surface area contributed by atoms with E-state index in [0.717, 1.165) is 22.7 Å². The minimum atomic E-state index is -4.04. The Labute approximate surface area is 289 Å². The van der Waals surface area contributed by atoms with Crippen LogP contribution in [-0.4, -0.2) is 55.2 Å². The van der Waals surface area contributed by atoms with Crippen LogP contribution in [0.5, 0.6) is 0 Å². The van der Waals surface area contributed by atoms with E-state index in [1.165, 1.54) is 24.0 Å². The van der Waals surface area contributed by atoms with Gasteiger partial charge in [0.1, 0.15) is 28.5 Å². The third-order valence-corrected chi connectivity index (χ3v) is 8.49. The number of pyridine rings is 2. The Morgan fingerprint density at radius 3 is 2.10 bits per heavy atom. The van der Waals surface area contributed by atoms with Crippen LogP contribution >= 0.6 is 0 Å². The zero-order valence-electron chi connectivity index (χ0n) is 29.1. The highest BCUT2D eigenvalue weighted by Gasteiger charge is 2.30. The van der Waals surface area contributed by atoms with Gasteiger partial charge in [0.25, 0.3) is 0 Å². The number of carbonyl (C=O) groups excluding carboxylic acids is 2. The van der Waals surface area contributed by atoms with Crippen LogP contribution in [0.4, 0.5) is 16.3 Å². The Balaban J connectivity index is 1.67. The van der Waals surface area contributed by atoms with Crippen molar-refractivity contribution in [2.24, 2.45) is 0 Å². The molecule has 260 valence electrons. The zero-order chi connectivity index (χ0) is 35.8. The van der Waals surface area contributed by atoms with Crippen molar-refractivity contribution in [2.45, 2.75) is 76.6 Å². The second kappa shape index (κ2) is 15.6. The number of hydrogen-bond acceptors (Lipinski definition) is 9. The molecule has 0 aliphatic carbocycles. The fourth-order valence-electron chi connectivity index (χ4n) is 4.88. The molecule has 1 unspecified atom stereocenters. The molecular weight excluding hydrogens is 643 g/mol. The van der Waals surface area contributed by atoms with Gasteiger partial charge >= 0.3 is 12.1 Å². The van der Waals surface area contributed by atoms with Crippen LogP contribution < -0.4 is 14.5 Å². The van der Waals surface area contributed by atoms with E-state index in [1.54, 1.807) is 65.8 Å². The van der Waals surface area contributed by atoms with Gasteiger partial charge in [-0.3, -0.25) is 14.7 Å². The van der Waals surface area contributed by atoms with Gasteiger partial charge in [0.15, 0.2) is 0 Å². The Bertz CT molecular complexity index is 1810. The van der Waals surface area contributed by atoms with Crippen LogP contribution in [0.2, 0.25) is 0 Å². The molecular formula is C37H45N5O6S. The molecule has 0 saturated carbocycles. The van der Waals surface area contributed by atoms with Crippen molar-refractivity contribution < 1.29 is 27.5 Å². The monoisotopic (exact) mass is 687 g/mol. The van der Waals surface area contributed by atoms with Crippen molar-refractivity contribution in [3.8, 4) is 0 Å². The molecule has 4 rings (SSSR count). The van der Waals surface area contributed by atoms with Gasteiger partial charge in [-0.1, -0.05) is 48.5 Å². The quantitative estimate of drug-likeness (QED) is 0.167. The number of carbonyl (C=O) groups is 2. The summed E-state index contributed by atoms with van der Waals surface area (Å²) in [6.45, 7) is 10.6. The van der Waals surface area contributed by atoms with E-state index in [-0.39, 0.29) is 17.1 Å². The molecule has 2 aromatic carbocycles. The zero-order valence-corrected chi connectivity index (χ0v) is 29.9. The van der Waals surface area contributed by atoms with E-state index in [1.807, 2.05) is 49.5 Å². The molecule has 0 fully saturated rings. The number of ether oxygens (including phenoxy) is 2. The second-order valence-corrected chi connectivity index (χ2v) is 15.4. The predicted molar refractivity (Wildman–Crippen MR) is 190 cm³/mol. The summed E-state index contributed by atoms with van der Waals surface area (Å²) < 4.78 is 41.0. The Morgan fingerprint density at radius 1 is 0.816 bits per heavy atom. The van der Waals surface area contributed by atoms with Crippen molar-refractivity contribution in [3.05, 3.63) is 114 Å². The van der Waals surface area contributed by atoms with Gasteiger partial charge in [0.05, 0.1) is 11.7 Å². The van der Waals surface area contributed by atoms with E-state index >= 15 is 0 Å². The average Bonchev–Trinajstić information content (AvgIpc) is 3.03. The molecule has 49 heavy (non-hydrogen) atoms. The molecule has 2 aromatic heterocycles. The summed E-state index contributed by atoms with van der Waals surface area (Å²) in [4.78, 5) is 38.2. The molecule has 12 heteroatoms. The van der Waals surface area contributed by atoms with Gasteiger partial charge < -0.3 is 14.4 Å². The third kappa shape index (κ3) is 11.4. The maximum absolute atomic E-state index is 13.6. The molecule has 0 radical (unpaired) electrons. The first kappa shape index (κ1) is 37.0. The lowest BCUT2D eigenvalue weighted by Crippen LogP contribution is -2.42. The molecule has 0 saturated heterocycles. The molecule has 11 nitrogen and oxygen atoms in total. The van der Waals surface area contributed by atoms with Gasteiger partial charge in [-0.05, 0) is 95.5 Å². The number of esters is 1. The number of amides is 1. The Hall–Kier alpha value is -4.81. The number of nitrogens with one attached hydrogen (secondary N) is 1. The number of rotatable bonds is 12. The van der Waals surface area contributed by atoms with Crippen LogP contribution in [0, 0.1) is 0 Å². The lowest BCUT2D eigenvalue weighted by molar-refractivity contribution is -0.153. The molecule has 1 atom stereocenters. The molecule has 0 aliphatic rings. The second-order valence-electron chi connectivity index (χ2n) is 13.6. The van der Waals surface area contributed by atoms with E-state index in [9.17, 15) is 18.0 Å². The fraction of sp³-hybridized carbons (Fsp3) is 0.351. The largest absolute Gasteiger partial charge is 0.459 e. The highest BCUT2D eigenvalue weighted by atomic mass is 32.2. The normalized spacial score (nSPS) is 12.6. The number of nitrogens with zero attached hydrogens (tertiary/aromatic N) is 4. The summed E-state index contributed by atoms with van der Waals surface area (Å²) in [6.07, 6.45) is 2.20. The van der Waals surface area contributed by atoms with Crippen molar-refractivity contribution in [3.63, 3.8) is 0 Å². The summed E-state index contributed by atoms with van der Waals surface area (Å²) >= 11 is 0. The van der Waals surface area contributed by atoms with Gasteiger partial charge in [-0.2, -0.15) is 0 Å². The summed E-state index contributed by atoms with van der Waals surface area (Å²) in [5.41, 5.74) is 1.71. The summed E-state index contributed by atoms with van der Waals surface area (Å²) in [6, 6.07) is 25.0. The molecule has 1 N–H and O–H groups in total. The van der Waals surface area contributed by atoms with Crippen molar-refractivity contribution in [1.29, 1.82) is 0 Å². The van der Waals surface area contributed by atoms with Gasteiger partial charge in [0.2, 0.25) is 10.0 Å². The van der Waals surface area contributed by atoms with Gasteiger partial charge in [-0.25, -0.2) is 22.9 Å². The summed E-state index contributed by atoms with van der Waals surface area (Å²) in [5, 5.41) is 0. The number of benzene rings is 2. The van der Waals surface area contributed by atoms with Crippen molar-refractivity contribution in [1.82, 2.24) is 14.7 Å². The number of sulfonamides is 1. The molecule has 4 aromatic rings. The SMILES string of the molecule is CN(Cc1ccccc1)c1ccc(CC(NS(=O)(=O)c2cccnc2)c2cccc(N(CC(=O)OC(C)(C)C)C(=O)OC(C)(C)C)n2)cc1. The first-order valence-corrected chi connectivity index (χ1v) is 17.4. The summed E-state index contributed by atoms with van der Waals surface area (Å²) in [5.74, 6) is -0.558. The molecule has 2 heterocycles. The van der Waals surface area contributed by atoms with Crippen LogP contribution in [0.15, 0.2) is 102 Å². The lowest BCUT2D eigenvalue weighted by atomic mass is 10.0. The first-order chi connectivity index (χ1) is 23.0. The minimum absolute atomic E-state index is 0.00523. The molecule has 0 bridgehead atoms. The van der Waals surface area contributed by atoms with Gasteiger partial charge in [0, 0.05) is 31.7 Å². The molecule has 1 amide bonds. The van der Waals surface area contributed by atoms with Crippen LogP contribution in [0.3, 0.4) is 0 Å². The smallest absolute Gasteiger partial charge is 0.416 e. The fourth-order valence-corrected chi connectivity index (χ4v) is 6.05. The maximum Gasteiger partial charge on any atom is 0.416 e. The average molecular weight is 688 g/mol. The third-order valence-electron chi connectivity index (χ3n) is 7.03. The van der Waals surface area contributed by atoms with Crippen molar-refractivity contribution >= 4 is 33.6 Å². The van der Waals surface area contributed by atoms with Crippen LogP contribution in [0.25, 0.3) is 0 Å². The van der Waals surface area contributed by atoms with Crippen LogP contribution in [-0.2, 0) is 37.3 Å². The topological polar surface area (TPSA) is 131 Å². The number of aromatic nitrogens is 2. The molecule has 0 spiro atoms. The highest BCUT2D eigenvalue weighted by Crippen LogP contribution is 2.26. The van der Waals surface area contributed by atoms with E-state index in [0.29, 0.717) is 5.69 Å². The minimum Gasteiger partial charge on any atom is -0.459 e. The highest BCUT2D eigenvalue weighted by molar-refractivity contribution is 7.89. The van der Waals surface area contributed by atoms with E-state index < -0.39 is 45.9 Å². The Kier molecular flexibility index (Phi) is 11.8. The predicted octanol–water partition coefficient (Wildman–Crippen LogP) is 6.46. The Morgan fingerprint density at radius 2 is 1.49 bits per heavy atom.